The van der Waals surface area contributed by atoms with Crippen molar-refractivity contribution in [2.75, 3.05) is 7.11 Å². The Labute approximate surface area is 178 Å². The summed E-state index contributed by atoms with van der Waals surface area (Å²) in [6.07, 6.45) is -0.564. The molecule has 1 amide bonds. The van der Waals surface area contributed by atoms with E-state index in [1.165, 1.54) is 11.1 Å². The Kier molecular flexibility index (Phi) is 7.63. The summed E-state index contributed by atoms with van der Waals surface area (Å²) in [6, 6.07) is 28.1. The van der Waals surface area contributed by atoms with Crippen LogP contribution in [0.5, 0.6) is 5.75 Å². The molecule has 30 heavy (non-hydrogen) atoms. The third-order valence-corrected chi connectivity index (χ3v) is 5.19. The average molecular weight is 404 g/mol. The quantitative estimate of drug-likeness (QED) is 0.551. The highest BCUT2D eigenvalue weighted by Crippen LogP contribution is 2.28. The minimum absolute atomic E-state index is 0.0573. The highest BCUT2D eigenvalue weighted by Gasteiger charge is 2.24. The number of carbonyl (C=O) groups is 1. The Morgan fingerprint density at radius 3 is 2.03 bits per heavy atom. The number of methoxy groups -OCH3 is 1. The van der Waals surface area contributed by atoms with E-state index in [-0.39, 0.29) is 17.9 Å². The van der Waals surface area contributed by atoms with Crippen LogP contribution in [0.2, 0.25) is 0 Å². The van der Waals surface area contributed by atoms with E-state index in [9.17, 15) is 4.79 Å². The van der Waals surface area contributed by atoms with Gasteiger partial charge < -0.3 is 14.8 Å². The van der Waals surface area contributed by atoms with Gasteiger partial charge in [0, 0.05) is 12.0 Å². The van der Waals surface area contributed by atoms with E-state index in [4.69, 9.17) is 9.47 Å². The Balaban J connectivity index is 1.65. The van der Waals surface area contributed by atoms with Gasteiger partial charge in [-0.1, -0.05) is 72.8 Å². The first-order valence-electron chi connectivity index (χ1n) is 10.2. The monoisotopic (exact) mass is 403 g/mol. The van der Waals surface area contributed by atoms with Gasteiger partial charge in [0.2, 0.25) is 5.91 Å². The van der Waals surface area contributed by atoms with Crippen molar-refractivity contribution in [1.29, 1.82) is 0 Å². The number of hydrogen-bond acceptors (Lipinski definition) is 3. The van der Waals surface area contributed by atoms with E-state index in [1.807, 2.05) is 67.6 Å². The van der Waals surface area contributed by atoms with Crippen LogP contribution in [0.25, 0.3) is 0 Å². The fraction of sp³-hybridized carbons (Fsp3) is 0.269. The minimum atomic E-state index is -0.564. The van der Waals surface area contributed by atoms with Crippen LogP contribution < -0.4 is 10.1 Å². The molecule has 0 saturated carbocycles. The van der Waals surface area contributed by atoms with E-state index in [0.717, 1.165) is 11.3 Å². The molecule has 0 radical (unpaired) electrons. The van der Waals surface area contributed by atoms with Gasteiger partial charge in [-0.15, -0.1) is 0 Å². The van der Waals surface area contributed by atoms with Crippen molar-refractivity contribution in [2.24, 2.45) is 0 Å². The molecule has 4 nitrogen and oxygen atoms in total. The summed E-state index contributed by atoms with van der Waals surface area (Å²) in [6.45, 7) is 4.17. The van der Waals surface area contributed by atoms with Gasteiger partial charge in [-0.3, -0.25) is 4.79 Å². The van der Waals surface area contributed by atoms with Crippen LogP contribution in [-0.2, 0) is 16.1 Å². The van der Waals surface area contributed by atoms with E-state index in [2.05, 4.69) is 29.6 Å². The van der Waals surface area contributed by atoms with Crippen LogP contribution in [-0.4, -0.2) is 25.2 Å². The van der Waals surface area contributed by atoms with Crippen molar-refractivity contribution in [3.63, 3.8) is 0 Å². The van der Waals surface area contributed by atoms with Crippen LogP contribution in [0.4, 0.5) is 0 Å². The third kappa shape index (κ3) is 5.71. The lowest BCUT2D eigenvalue weighted by atomic mass is 9.85. The average Bonchev–Trinajstić information content (AvgIpc) is 2.79. The molecule has 0 bridgehead atoms. The van der Waals surface area contributed by atoms with Crippen molar-refractivity contribution >= 4 is 5.91 Å². The second-order valence-electron chi connectivity index (χ2n) is 7.40. The number of benzene rings is 3. The topological polar surface area (TPSA) is 47.6 Å². The van der Waals surface area contributed by atoms with Crippen LogP contribution in [0.15, 0.2) is 84.9 Å². The summed E-state index contributed by atoms with van der Waals surface area (Å²) in [5.41, 5.74) is 3.30. The van der Waals surface area contributed by atoms with E-state index in [1.54, 1.807) is 14.0 Å². The first-order chi connectivity index (χ1) is 14.6. The zero-order chi connectivity index (χ0) is 21.3. The van der Waals surface area contributed by atoms with Crippen LogP contribution in [0.3, 0.4) is 0 Å². The molecule has 4 heteroatoms. The standard InChI is InChI=1S/C26H29NO3/c1-19(25(22-12-6-4-7-13-22)23-14-8-5-9-15-23)27-26(28)20(2)30-18-21-11-10-16-24(17-21)29-3/h4-17,19-20,25H,18H2,1-3H3,(H,27,28). The minimum Gasteiger partial charge on any atom is -0.497 e. The molecular weight excluding hydrogens is 374 g/mol. The summed E-state index contributed by atoms with van der Waals surface area (Å²) in [5.74, 6) is 0.708. The Bertz CT molecular complexity index is 888. The molecule has 0 saturated heterocycles. The molecule has 0 spiro atoms. The highest BCUT2D eigenvalue weighted by atomic mass is 16.5. The van der Waals surface area contributed by atoms with Gasteiger partial charge in [-0.05, 0) is 42.7 Å². The van der Waals surface area contributed by atoms with Gasteiger partial charge in [0.15, 0.2) is 0 Å². The number of nitrogens with one attached hydrogen (secondary N) is 1. The van der Waals surface area contributed by atoms with Crippen molar-refractivity contribution in [2.45, 2.75) is 38.5 Å². The Morgan fingerprint density at radius 1 is 0.867 bits per heavy atom. The van der Waals surface area contributed by atoms with Crippen LogP contribution in [0.1, 0.15) is 36.5 Å². The lowest BCUT2D eigenvalue weighted by Gasteiger charge is -2.27. The fourth-order valence-corrected chi connectivity index (χ4v) is 3.57. The summed E-state index contributed by atoms with van der Waals surface area (Å²) in [4.78, 5) is 12.8. The molecule has 0 aliphatic carbocycles. The maximum Gasteiger partial charge on any atom is 0.249 e. The Morgan fingerprint density at radius 2 is 1.47 bits per heavy atom. The van der Waals surface area contributed by atoms with Crippen molar-refractivity contribution in [1.82, 2.24) is 5.32 Å². The molecule has 2 unspecified atom stereocenters. The smallest absolute Gasteiger partial charge is 0.249 e. The predicted octanol–water partition coefficient (Wildman–Crippen LogP) is 4.94. The molecule has 3 aromatic rings. The molecule has 156 valence electrons. The molecule has 0 aromatic heterocycles. The fourth-order valence-electron chi connectivity index (χ4n) is 3.57. The van der Waals surface area contributed by atoms with E-state index < -0.39 is 6.10 Å². The first-order valence-corrected chi connectivity index (χ1v) is 10.2. The predicted molar refractivity (Wildman–Crippen MR) is 120 cm³/mol. The molecule has 2 atom stereocenters. The van der Waals surface area contributed by atoms with Crippen molar-refractivity contribution in [3.05, 3.63) is 102 Å². The van der Waals surface area contributed by atoms with E-state index >= 15 is 0 Å². The van der Waals surface area contributed by atoms with Gasteiger partial charge in [-0.2, -0.15) is 0 Å². The lowest BCUT2D eigenvalue weighted by molar-refractivity contribution is -0.133. The molecule has 3 aromatic carbocycles. The van der Waals surface area contributed by atoms with Gasteiger partial charge in [0.1, 0.15) is 11.9 Å². The molecule has 0 aliphatic rings. The van der Waals surface area contributed by atoms with Crippen molar-refractivity contribution < 1.29 is 14.3 Å². The zero-order valence-corrected chi connectivity index (χ0v) is 17.7. The Hall–Kier alpha value is -3.11. The molecule has 3 rings (SSSR count). The maximum absolute atomic E-state index is 12.8. The maximum atomic E-state index is 12.8. The SMILES string of the molecule is COc1cccc(COC(C)C(=O)NC(C)C(c2ccccc2)c2ccccc2)c1. The summed E-state index contributed by atoms with van der Waals surface area (Å²) < 4.78 is 11.1. The number of hydrogen-bond donors (Lipinski definition) is 1. The summed E-state index contributed by atoms with van der Waals surface area (Å²) in [5, 5.41) is 3.15. The first kappa shape index (κ1) is 21.6. The van der Waals surface area contributed by atoms with Gasteiger partial charge in [0.25, 0.3) is 0 Å². The second kappa shape index (κ2) is 10.6. The molecular formula is C26H29NO3. The molecule has 0 heterocycles. The van der Waals surface area contributed by atoms with Crippen LogP contribution >= 0.6 is 0 Å². The summed E-state index contributed by atoms with van der Waals surface area (Å²) in [7, 11) is 1.63. The zero-order valence-electron chi connectivity index (χ0n) is 17.7. The van der Waals surface area contributed by atoms with Gasteiger partial charge in [-0.25, -0.2) is 0 Å². The second-order valence-corrected chi connectivity index (χ2v) is 7.40. The molecule has 1 N–H and O–H groups in total. The third-order valence-electron chi connectivity index (χ3n) is 5.19. The largest absolute Gasteiger partial charge is 0.497 e. The molecule has 0 aliphatic heterocycles. The van der Waals surface area contributed by atoms with Crippen LogP contribution in [0, 0.1) is 0 Å². The lowest BCUT2D eigenvalue weighted by Crippen LogP contribution is -2.43. The van der Waals surface area contributed by atoms with E-state index in [0.29, 0.717) is 6.61 Å². The number of carbonyl (C=O) groups excluding carboxylic acids is 1. The summed E-state index contributed by atoms with van der Waals surface area (Å²) >= 11 is 0. The highest BCUT2D eigenvalue weighted by molar-refractivity contribution is 5.80. The number of rotatable bonds is 9. The number of amides is 1. The molecule has 0 fully saturated rings. The van der Waals surface area contributed by atoms with Gasteiger partial charge >= 0.3 is 0 Å². The van der Waals surface area contributed by atoms with Gasteiger partial charge in [0.05, 0.1) is 13.7 Å². The normalized spacial score (nSPS) is 12.9. The number of ether oxygens (including phenoxy) is 2. The van der Waals surface area contributed by atoms with Crippen molar-refractivity contribution in [3.8, 4) is 5.75 Å².